The molecule has 0 spiro atoms. The first-order valence-corrected chi connectivity index (χ1v) is 16.2. The van der Waals surface area contributed by atoms with E-state index in [1.165, 1.54) is 89.7 Å². The van der Waals surface area contributed by atoms with Crippen molar-refractivity contribution in [1.82, 2.24) is 4.57 Å². The highest BCUT2D eigenvalue weighted by atomic mass is 32.1. The van der Waals surface area contributed by atoms with Gasteiger partial charge in [-0.1, -0.05) is 109 Å². The predicted octanol–water partition coefficient (Wildman–Crippen LogP) is 12.3. The van der Waals surface area contributed by atoms with E-state index in [4.69, 9.17) is 0 Å². The van der Waals surface area contributed by atoms with Gasteiger partial charge in [0.2, 0.25) is 0 Å². The fraction of sp³-hybridized carbons (Fsp3) is 0. The van der Waals surface area contributed by atoms with E-state index in [0.717, 1.165) is 0 Å². The summed E-state index contributed by atoms with van der Waals surface area (Å²) < 4.78 is 7.90. The second-order valence-corrected chi connectivity index (χ2v) is 13.4. The molecule has 3 heteroatoms. The Hall–Kier alpha value is -4.96. The summed E-state index contributed by atoms with van der Waals surface area (Å²) in [6.45, 7) is 0. The maximum Gasteiger partial charge on any atom is 0.0726 e. The summed E-state index contributed by atoms with van der Waals surface area (Å²) in [7, 11) is 0. The lowest BCUT2D eigenvalue weighted by Crippen LogP contribution is -1.95. The number of rotatable bonds is 2. The van der Waals surface area contributed by atoms with Crippen LogP contribution in [0.25, 0.3) is 89.7 Å². The van der Waals surface area contributed by atoms with Crippen molar-refractivity contribution in [2.75, 3.05) is 0 Å². The summed E-state index contributed by atoms with van der Waals surface area (Å²) in [5.74, 6) is 0. The minimum Gasteiger partial charge on any atom is -0.308 e. The Balaban J connectivity index is 1.46. The van der Waals surface area contributed by atoms with Crippen molar-refractivity contribution in [2.45, 2.75) is 0 Å². The molecule has 0 atom stereocenters. The van der Waals surface area contributed by atoms with Gasteiger partial charge in [-0.15, -0.1) is 22.7 Å². The maximum absolute atomic E-state index is 2.55. The van der Waals surface area contributed by atoms with Crippen molar-refractivity contribution in [1.29, 1.82) is 0 Å². The summed E-state index contributed by atoms with van der Waals surface area (Å²) in [4.78, 5) is 0. The third-order valence-corrected chi connectivity index (χ3v) is 11.4. The fourth-order valence-corrected chi connectivity index (χ4v) is 9.65. The van der Waals surface area contributed by atoms with E-state index < -0.39 is 0 Å². The van der Waals surface area contributed by atoms with Crippen LogP contribution in [0.1, 0.15) is 0 Å². The molecule has 43 heavy (non-hydrogen) atoms. The molecule has 200 valence electrons. The van der Waals surface area contributed by atoms with E-state index >= 15 is 0 Å². The lowest BCUT2D eigenvalue weighted by atomic mass is 9.99. The molecule has 0 bridgehead atoms. The zero-order valence-electron chi connectivity index (χ0n) is 23.0. The fourth-order valence-electron chi connectivity index (χ4n) is 7.17. The number of para-hydroxylation sites is 1. The Labute approximate surface area is 255 Å². The first-order chi connectivity index (χ1) is 21.3. The van der Waals surface area contributed by atoms with E-state index in [-0.39, 0.29) is 0 Å². The normalized spacial score (nSPS) is 12.2. The Morgan fingerprint density at radius 3 is 1.79 bits per heavy atom. The van der Waals surface area contributed by atoms with Crippen molar-refractivity contribution >= 4 is 95.6 Å². The van der Waals surface area contributed by atoms with Crippen LogP contribution in [0, 0.1) is 0 Å². The SMILES string of the molecule is c1ccc(-c2cc(-n3c4ccccc4c4c5ccccc5c5c6ccccc6sc5c43)cc3c2sc2ccccc23)cc1. The molecule has 1 nitrogen and oxygen atoms in total. The lowest BCUT2D eigenvalue weighted by Gasteiger charge is -2.13. The molecule has 10 rings (SSSR count). The van der Waals surface area contributed by atoms with Gasteiger partial charge < -0.3 is 4.57 Å². The molecule has 0 N–H and O–H groups in total. The molecule has 0 aliphatic carbocycles. The monoisotopic (exact) mass is 581 g/mol. The minimum absolute atomic E-state index is 1.20. The highest BCUT2D eigenvalue weighted by molar-refractivity contribution is 7.27. The van der Waals surface area contributed by atoms with Crippen LogP contribution in [-0.2, 0) is 0 Å². The van der Waals surface area contributed by atoms with E-state index in [9.17, 15) is 0 Å². The third kappa shape index (κ3) is 3.21. The first-order valence-electron chi connectivity index (χ1n) is 14.6. The Morgan fingerprint density at radius 2 is 1.00 bits per heavy atom. The molecule has 0 unspecified atom stereocenters. The standard InChI is InChI=1S/C40H23NS2/c1-2-12-24(13-3-1)31-22-25(23-32-26-14-7-10-20-34(26)42-39(31)32)41-33-19-9-6-17-29(33)36-27-15-4-5-16-28(27)37-30-18-8-11-21-35(30)43-40(37)38(36)41/h1-23H. The van der Waals surface area contributed by atoms with Crippen LogP contribution in [0.4, 0.5) is 0 Å². The molecule has 10 aromatic rings. The average Bonchev–Trinajstić information content (AvgIpc) is 3.75. The van der Waals surface area contributed by atoms with Gasteiger partial charge in [-0.05, 0) is 46.7 Å². The van der Waals surface area contributed by atoms with E-state index in [0.29, 0.717) is 0 Å². The second kappa shape index (κ2) is 8.78. The molecular weight excluding hydrogens is 559 g/mol. The van der Waals surface area contributed by atoms with Gasteiger partial charge in [0.25, 0.3) is 0 Å². The van der Waals surface area contributed by atoms with Crippen LogP contribution >= 0.6 is 22.7 Å². The topological polar surface area (TPSA) is 4.93 Å². The highest BCUT2D eigenvalue weighted by Crippen LogP contribution is 2.49. The summed E-state index contributed by atoms with van der Waals surface area (Å²) in [6.07, 6.45) is 0. The number of hydrogen-bond donors (Lipinski definition) is 0. The van der Waals surface area contributed by atoms with Gasteiger partial charge in [0.05, 0.1) is 15.7 Å². The van der Waals surface area contributed by atoms with Crippen LogP contribution in [0.2, 0.25) is 0 Å². The molecule has 7 aromatic carbocycles. The van der Waals surface area contributed by atoms with Crippen molar-refractivity contribution in [3.8, 4) is 16.8 Å². The lowest BCUT2D eigenvalue weighted by molar-refractivity contribution is 1.20. The molecule has 0 aliphatic rings. The van der Waals surface area contributed by atoms with Crippen LogP contribution < -0.4 is 0 Å². The molecule has 0 amide bonds. The van der Waals surface area contributed by atoms with Gasteiger partial charge in [0, 0.05) is 57.7 Å². The van der Waals surface area contributed by atoms with E-state index in [1.54, 1.807) is 0 Å². The molecule has 0 radical (unpaired) electrons. The van der Waals surface area contributed by atoms with Gasteiger partial charge in [-0.3, -0.25) is 0 Å². The minimum atomic E-state index is 1.20. The van der Waals surface area contributed by atoms with Crippen LogP contribution in [0.5, 0.6) is 0 Å². The largest absolute Gasteiger partial charge is 0.308 e. The highest BCUT2D eigenvalue weighted by Gasteiger charge is 2.22. The summed E-state index contributed by atoms with van der Waals surface area (Å²) in [6, 6.07) is 51.4. The third-order valence-electron chi connectivity index (χ3n) is 8.96. The molecule has 0 saturated carbocycles. The summed E-state index contributed by atoms with van der Waals surface area (Å²) >= 11 is 3.82. The van der Waals surface area contributed by atoms with Crippen molar-refractivity contribution in [3.05, 3.63) is 140 Å². The molecular formula is C40H23NS2. The van der Waals surface area contributed by atoms with Crippen molar-refractivity contribution in [3.63, 3.8) is 0 Å². The van der Waals surface area contributed by atoms with Crippen LogP contribution in [-0.4, -0.2) is 4.57 Å². The van der Waals surface area contributed by atoms with Crippen molar-refractivity contribution < 1.29 is 0 Å². The Kier molecular flexibility index (Phi) is 4.81. The van der Waals surface area contributed by atoms with Gasteiger partial charge >= 0.3 is 0 Å². The van der Waals surface area contributed by atoms with Gasteiger partial charge in [0.1, 0.15) is 0 Å². The zero-order chi connectivity index (χ0) is 28.1. The number of aromatic nitrogens is 1. The van der Waals surface area contributed by atoms with Crippen LogP contribution in [0.3, 0.4) is 0 Å². The predicted molar refractivity (Wildman–Crippen MR) is 190 cm³/mol. The number of nitrogens with zero attached hydrogens (tertiary/aromatic N) is 1. The molecule has 0 aliphatic heterocycles. The molecule has 0 saturated heterocycles. The Bertz CT molecular complexity index is 2720. The summed E-state index contributed by atoms with van der Waals surface area (Å²) in [5.41, 5.74) is 6.28. The first kappa shape index (κ1) is 23.6. The molecule has 3 heterocycles. The number of fused-ring (bicyclic) bond motifs is 13. The molecule has 3 aromatic heterocycles. The average molecular weight is 582 g/mol. The number of hydrogen-bond acceptors (Lipinski definition) is 2. The van der Waals surface area contributed by atoms with Gasteiger partial charge in [-0.2, -0.15) is 0 Å². The molecule has 0 fully saturated rings. The number of thiophene rings is 2. The number of benzene rings is 7. The zero-order valence-corrected chi connectivity index (χ0v) is 24.7. The smallest absolute Gasteiger partial charge is 0.0726 e. The second-order valence-electron chi connectivity index (χ2n) is 11.3. The van der Waals surface area contributed by atoms with E-state index in [1.807, 2.05) is 22.7 Å². The Morgan fingerprint density at radius 1 is 0.419 bits per heavy atom. The van der Waals surface area contributed by atoms with Gasteiger partial charge in [0.15, 0.2) is 0 Å². The summed E-state index contributed by atoms with van der Waals surface area (Å²) in [5, 5.41) is 10.6. The van der Waals surface area contributed by atoms with Crippen LogP contribution in [0.15, 0.2) is 140 Å². The van der Waals surface area contributed by atoms with Gasteiger partial charge in [-0.25, -0.2) is 0 Å². The maximum atomic E-state index is 2.55. The van der Waals surface area contributed by atoms with E-state index in [2.05, 4.69) is 144 Å². The van der Waals surface area contributed by atoms with Crippen molar-refractivity contribution in [2.24, 2.45) is 0 Å². The quantitative estimate of drug-likeness (QED) is 0.191.